The van der Waals surface area contributed by atoms with Crippen LogP contribution in [0.25, 0.3) is 0 Å². The molecule has 4 nitrogen and oxygen atoms in total. The summed E-state index contributed by atoms with van der Waals surface area (Å²) in [6, 6.07) is 32.6. The van der Waals surface area contributed by atoms with Gasteiger partial charge in [-0.15, -0.1) is 0 Å². The van der Waals surface area contributed by atoms with Crippen molar-refractivity contribution < 1.29 is 0 Å². The number of nitrogens with two attached hydrogens (primary N) is 4. The van der Waals surface area contributed by atoms with Gasteiger partial charge in [-0.3, -0.25) is 0 Å². The Kier molecular flexibility index (Phi) is 4.96. The van der Waals surface area contributed by atoms with E-state index in [-0.39, 0.29) is 0 Å². The second kappa shape index (κ2) is 7.57. The number of hydrogen-bond acceptors (Lipinski definition) is 4. The molecule has 0 unspecified atom stereocenters. The maximum absolute atomic E-state index is 6.24. The van der Waals surface area contributed by atoms with Crippen molar-refractivity contribution in [1.82, 2.24) is 0 Å². The molecule has 0 saturated heterocycles. The summed E-state index contributed by atoms with van der Waals surface area (Å²) in [6.45, 7) is 0. The monoisotopic (exact) mass is 444 g/mol. The van der Waals surface area contributed by atoms with Gasteiger partial charge in [0.2, 0.25) is 0 Å². The van der Waals surface area contributed by atoms with Crippen molar-refractivity contribution in [1.29, 1.82) is 0 Å². The third-order valence-electron chi connectivity index (χ3n) is 5.28. The molecule has 29 heavy (non-hydrogen) atoms. The third kappa shape index (κ3) is 3.43. The molecule has 0 aromatic heterocycles. The molecule has 0 heterocycles. The van der Waals surface area contributed by atoms with Gasteiger partial charge in [0.1, 0.15) is 0 Å². The number of rotatable bonds is 4. The number of nitrogen functional groups attached to an aromatic ring is 4. The molecule has 0 aliphatic heterocycles. The third-order valence-corrected chi connectivity index (χ3v) is 15.2. The van der Waals surface area contributed by atoms with Crippen LogP contribution in [0.3, 0.4) is 0 Å². The molecule has 0 aliphatic carbocycles. The van der Waals surface area contributed by atoms with Crippen molar-refractivity contribution in [2.24, 2.45) is 0 Å². The van der Waals surface area contributed by atoms with Crippen LogP contribution in [0.15, 0.2) is 97.1 Å². The van der Waals surface area contributed by atoms with Gasteiger partial charge in [0.25, 0.3) is 0 Å². The van der Waals surface area contributed by atoms with Crippen molar-refractivity contribution in [3.8, 4) is 0 Å². The van der Waals surface area contributed by atoms with E-state index in [0.29, 0.717) is 0 Å². The zero-order valence-corrected chi connectivity index (χ0v) is 18.1. The molecule has 5 heteroatoms. The summed E-state index contributed by atoms with van der Waals surface area (Å²) in [5, 5.41) is 0. The van der Waals surface area contributed by atoms with Crippen LogP contribution in [0.5, 0.6) is 0 Å². The first-order valence-electron chi connectivity index (χ1n) is 9.44. The van der Waals surface area contributed by atoms with Crippen LogP contribution in [-0.4, -0.2) is 13.6 Å². The fraction of sp³-hybridized carbons (Fsp3) is 0. The van der Waals surface area contributed by atoms with E-state index < -0.39 is 13.6 Å². The van der Waals surface area contributed by atoms with Crippen molar-refractivity contribution >= 4 is 53.7 Å². The summed E-state index contributed by atoms with van der Waals surface area (Å²) in [6.07, 6.45) is 0. The Bertz CT molecular complexity index is 985. The Hall–Kier alpha value is -3.36. The molecule has 8 N–H and O–H groups in total. The first-order chi connectivity index (χ1) is 14.0. The van der Waals surface area contributed by atoms with Gasteiger partial charge in [-0.2, -0.15) is 0 Å². The van der Waals surface area contributed by atoms with Crippen LogP contribution in [0, 0.1) is 0 Å². The summed E-state index contributed by atoms with van der Waals surface area (Å²) in [4.78, 5) is 0. The minimum absolute atomic E-state index is 0.731. The van der Waals surface area contributed by atoms with E-state index in [2.05, 4.69) is 48.5 Å². The Morgan fingerprint density at radius 2 is 0.621 bits per heavy atom. The predicted octanol–water partition coefficient (Wildman–Crippen LogP) is 1.13. The second-order valence-corrected chi connectivity index (χ2v) is 15.2. The van der Waals surface area contributed by atoms with Gasteiger partial charge >= 0.3 is 174 Å². The van der Waals surface area contributed by atoms with Crippen molar-refractivity contribution in [3.05, 3.63) is 97.1 Å². The van der Waals surface area contributed by atoms with E-state index in [1.165, 1.54) is 17.4 Å². The van der Waals surface area contributed by atoms with Gasteiger partial charge in [0, 0.05) is 0 Å². The maximum atomic E-state index is 6.24. The Morgan fingerprint density at radius 1 is 0.379 bits per heavy atom. The van der Waals surface area contributed by atoms with Crippen LogP contribution < -0.4 is 40.3 Å². The van der Waals surface area contributed by atoms with Gasteiger partial charge in [0.15, 0.2) is 0 Å². The molecule has 0 atom stereocenters. The molecule has 0 fully saturated rings. The summed E-state index contributed by atoms with van der Waals surface area (Å²) in [5.74, 6) is 0. The SMILES string of the molecule is Nc1cccc([AsH](c2cccc(N)c2)(c2cccc(N)c2)c2cccc(N)c2)c1. The first-order valence-corrected chi connectivity index (χ1v) is 13.6. The van der Waals surface area contributed by atoms with Crippen molar-refractivity contribution in [2.45, 2.75) is 0 Å². The summed E-state index contributed by atoms with van der Waals surface area (Å²) >= 11 is -3.47. The van der Waals surface area contributed by atoms with Crippen LogP contribution in [0.2, 0.25) is 0 Å². The van der Waals surface area contributed by atoms with Gasteiger partial charge < -0.3 is 0 Å². The molecule has 0 spiro atoms. The zero-order valence-electron chi connectivity index (χ0n) is 16.0. The molecule has 4 rings (SSSR count). The van der Waals surface area contributed by atoms with E-state index >= 15 is 0 Å². The van der Waals surface area contributed by atoms with E-state index in [4.69, 9.17) is 22.9 Å². The quantitative estimate of drug-likeness (QED) is 0.280. The number of anilines is 4. The van der Waals surface area contributed by atoms with Crippen LogP contribution in [-0.2, 0) is 0 Å². The predicted molar refractivity (Wildman–Crippen MR) is 129 cm³/mol. The number of benzene rings is 4. The topological polar surface area (TPSA) is 104 Å². The Balaban J connectivity index is 2.19. The molecule has 0 bridgehead atoms. The van der Waals surface area contributed by atoms with Gasteiger partial charge in [-0.1, -0.05) is 0 Å². The van der Waals surface area contributed by atoms with E-state index in [0.717, 1.165) is 22.7 Å². The van der Waals surface area contributed by atoms with Crippen molar-refractivity contribution in [3.63, 3.8) is 0 Å². The number of hydrogen-bond donors (Lipinski definition) is 4. The standard InChI is InChI=1S/C24H25AsN4/c26-21-9-1-5-17(13-21)25(18-6-2-10-22(27)14-18,19-7-3-11-23(28)15-19)20-8-4-12-24(29)16-20/h1-16,25H,26-29H2. The van der Waals surface area contributed by atoms with E-state index in [9.17, 15) is 0 Å². The molecule has 146 valence electrons. The molecule has 0 radical (unpaired) electrons. The van der Waals surface area contributed by atoms with Crippen molar-refractivity contribution in [2.75, 3.05) is 22.9 Å². The summed E-state index contributed by atoms with van der Waals surface area (Å²) < 4.78 is 4.80. The Labute approximate surface area is 173 Å². The molecule has 0 saturated carbocycles. The van der Waals surface area contributed by atoms with E-state index in [1.807, 2.05) is 48.5 Å². The van der Waals surface area contributed by atoms with Crippen LogP contribution >= 0.6 is 0 Å². The molecule has 0 aliphatic rings. The fourth-order valence-electron chi connectivity index (χ4n) is 4.09. The molecular weight excluding hydrogens is 419 g/mol. The second-order valence-electron chi connectivity index (χ2n) is 7.25. The molecule has 4 aromatic rings. The van der Waals surface area contributed by atoms with Crippen LogP contribution in [0.1, 0.15) is 0 Å². The molecule has 0 amide bonds. The van der Waals surface area contributed by atoms with Gasteiger partial charge in [-0.05, 0) is 0 Å². The first kappa shape index (κ1) is 19.0. The Morgan fingerprint density at radius 3 is 0.828 bits per heavy atom. The normalized spacial score (nSPS) is 11.9. The average molecular weight is 444 g/mol. The summed E-state index contributed by atoms with van der Waals surface area (Å²) in [5.41, 5.74) is 27.9. The fourth-order valence-corrected chi connectivity index (χ4v) is 14.4. The molecule has 4 aromatic carbocycles. The van der Waals surface area contributed by atoms with Crippen LogP contribution in [0.4, 0.5) is 22.7 Å². The average Bonchev–Trinajstić information content (AvgIpc) is 2.69. The minimum atomic E-state index is -3.47. The zero-order chi connectivity index (χ0) is 20.4. The molecular formula is C24H25AsN4. The van der Waals surface area contributed by atoms with Gasteiger partial charge in [-0.25, -0.2) is 0 Å². The van der Waals surface area contributed by atoms with E-state index in [1.54, 1.807) is 0 Å². The summed E-state index contributed by atoms with van der Waals surface area (Å²) in [7, 11) is 0. The van der Waals surface area contributed by atoms with Gasteiger partial charge in [0.05, 0.1) is 0 Å².